The lowest BCUT2D eigenvalue weighted by molar-refractivity contribution is 0.101. The van der Waals surface area contributed by atoms with E-state index in [2.05, 4.69) is 10.5 Å². The molecular weight excluding hydrogens is 240 g/mol. The Balaban J connectivity index is 2.25. The molecule has 5 heteroatoms. The van der Waals surface area contributed by atoms with Crippen molar-refractivity contribution >= 4 is 23.2 Å². The maximum absolute atomic E-state index is 11.9. The summed E-state index contributed by atoms with van der Waals surface area (Å²) in [5, 5.41) is 7.00. The summed E-state index contributed by atoms with van der Waals surface area (Å²) in [6, 6.07) is 5.34. The molecule has 0 fully saturated rings. The first-order valence-electron chi connectivity index (χ1n) is 5.07. The Hall–Kier alpha value is -1.81. The van der Waals surface area contributed by atoms with Gasteiger partial charge in [0.2, 0.25) is 0 Å². The smallest absolute Gasteiger partial charge is 0.278 e. The second-order valence-corrected chi connectivity index (χ2v) is 4.12. The zero-order valence-electron chi connectivity index (χ0n) is 9.45. The molecule has 2 rings (SSSR count). The topological polar surface area (TPSA) is 55.1 Å². The lowest BCUT2D eigenvalue weighted by Crippen LogP contribution is -2.14. The monoisotopic (exact) mass is 250 g/mol. The standard InChI is InChI=1S/C12H11ClN2O2/c1-7-6-17-15-11(7)12(16)14-10-5-3-4-9(13)8(10)2/h3-6H,1-2H3,(H,14,16). The third-order valence-electron chi connectivity index (χ3n) is 2.48. The first-order valence-corrected chi connectivity index (χ1v) is 5.45. The molecule has 4 nitrogen and oxygen atoms in total. The highest BCUT2D eigenvalue weighted by Crippen LogP contribution is 2.23. The third kappa shape index (κ3) is 2.31. The molecule has 0 saturated heterocycles. The molecule has 1 N–H and O–H groups in total. The molecule has 2 aromatic rings. The van der Waals surface area contributed by atoms with Crippen LogP contribution in [0.15, 0.2) is 29.0 Å². The molecule has 0 aliphatic rings. The molecule has 1 aromatic carbocycles. The lowest BCUT2D eigenvalue weighted by atomic mass is 10.2. The molecule has 0 aliphatic carbocycles. The van der Waals surface area contributed by atoms with E-state index in [0.717, 1.165) is 5.56 Å². The fourth-order valence-corrected chi connectivity index (χ4v) is 1.61. The predicted molar refractivity (Wildman–Crippen MR) is 65.4 cm³/mol. The first kappa shape index (κ1) is 11.7. The van der Waals surface area contributed by atoms with Gasteiger partial charge in [0, 0.05) is 16.3 Å². The van der Waals surface area contributed by atoms with Gasteiger partial charge in [-0.2, -0.15) is 0 Å². The zero-order chi connectivity index (χ0) is 12.4. The molecule has 0 bridgehead atoms. The number of carbonyl (C=O) groups is 1. The summed E-state index contributed by atoms with van der Waals surface area (Å²) in [5.74, 6) is -0.304. The number of hydrogen-bond donors (Lipinski definition) is 1. The summed E-state index contributed by atoms with van der Waals surface area (Å²) in [7, 11) is 0. The summed E-state index contributed by atoms with van der Waals surface area (Å²) >= 11 is 5.97. The van der Waals surface area contributed by atoms with Crippen LogP contribution in [0.4, 0.5) is 5.69 Å². The third-order valence-corrected chi connectivity index (χ3v) is 2.89. The largest absolute Gasteiger partial charge is 0.364 e. The van der Waals surface area contributed by atoms with Crippen LogP contribution in [0, 0.1) is 13.8 Å². The fraction of sp³-hybridized carbons (Fsp3) is 0.167. The van der Waals surface area contributed by atoms with Crippen LogP contribution in [0.5, 0.6) is 0 Å². The molecule has 0 saturated carbocycles. The van der Waals surface area contributed by atoms with Crippen molar-refractivity contribution in [2.75, 3.05) is 5.32 Å². The van der Waals surface area contributed by atoms with E-state index in [-0.39, 0.29) is 11.6 Å². The molecule has 17 heavy (non-hydrogen) atoms. The molecule has 0 atom stereocenters. The summed E-state index contributed by atoms with van der Waals surface area (Å²) in [5.41, 5.74) is 2.47. The van der Waals surface area contributed by atoms with Crippen molar-refractivity contribution in [1.82, 2.24) is 5.16 Å². The van der Waals surface area contributed by atoms with Crippen molar-refractivity contribution in [1.29, 1.82) is 0 Å². The van der Waals surface area contributed by atoms with Gasteiger partial charge < -0.3 is 9.84 Å². The Morgan fingerprint density at radius 2 is 2.18 bits per heavy atom. The minimum Gasteiger partial charge on any atom is -0.364 e. The second-order valence-electron chi connectivity index (χ2n) is 3.71. The summed E-state index contributed by atoms with van der Waals surface area (Å²) in [6.07, 6.45) is 1.43. The normalized spacial score (nSPS) is 10.3. The number of nitrogens with one attached hydrogen (secondary N) is 1. The number of carbonyl (C=O) groups excluding carboxylic acids is 1. The highest BCUT2D eigenvalue weighted by molar-refractivity contribution is 6.31. The molecule has 0 spiro atoms. The summed E-state index contributed by atoms with van der Waals surface area (Å²) in [4.78, 5) is 11.9. The van der Waals surface area contributed by atoms with E-state index in [4.69, 9.17) is 16.1 Å². The van der Waals surface area contributed by atoms with Crippen molar-refractivity contribution in [2.45, 2.75) is 13.8 Å². The van der Waals surface area contributed by atoms with Gasteiger partial charge in [0.25, 0.3) is 5.91 Å². The molecule has 1 amide bonds. The first-order chi connectivity index (χ1) is 8.09. The Bertz CT molecular complexity index is 563. The molecule has 0 unspecified atom stereocenters. The maximum atomic E-state index is 11.9. The number of amides is 1. The van der Waals surface area contributed by atoms with Gasteiger partial charge in [-0.3, -0.25) is 4.79 Å². The van der Waals surface area contributed by atoms with Gasteiger partial charge >= 0.3 is 0 Å². The van der Waals surface area contributed by atoms with Crippen LogP contribution in [0.2, 0.25) is 5.02 Å². The number of anilines is 1. The van der Waals surface area contributed by atoms with Crippen molar-refractivity contribution in [2.24, 2.45) is 0 Å². The average Bonchev–Trinajstić information content (AvgIpc) is 2.71. The van der Waals surface area contributed by atoms with E-state index in [1.54, 1.807) is 25.1 Å². The van der Waals surface area contributed by atoms with Crippen LogP contribution < -0.4 is 5.32 Å². The second kappa shape index (κ2) is 4.59. The highest BCUT2D eigenvalue weighted by atomic mass is 35.5. The predicted octanol–water partition coefficient (Wildman–Crippen LogP) is 3.20. The molecule has 1 aromatic heterocycles. The summed E-state index contributed by atoms with van der Waals surface area (Å²) < 4.78 is 4.72. The van der Waals surface area contributed by atoms with Crippen molar-refractivity contribution < 1.29 is 9.32 Å². The number of aromatic nitrogens is 1. The van der Waals surface area contributed by atoms with Gasteiger partial charge in [0.1, 0.15) is 6.26 Å². The van der Waals surface area contributed by atoms with Crippen LogP contribution in [-0.4, -0.2) is 11.1 Å². The number of benzene rings is 1. The van der Waals surface area contributed by atoms with Crippen LogP contribution in [0.3, 0.4) is 0 Å². The van der Waals surface area contributed by atoms with Crippen molar-refractivity contribution in [3.05, 3.63) is 46.3 Å². The summed E-state index contributed by atoms with van der Waals surface area (Å²) in [6.45, 7) is 3.60. The van der Waals surface area contributed by atoms with Crippen LogP contribution in [0.25, 0.3) is 0 Å². The van der Waals surface area contributed by atoms with E-state index in [9.17, 15) is 4.79 Å². The number of nitrogens with zero attached hydrogens (tertiary/aromatic N) is 1. The van der Waals surface area contributed by atoms with Gasteiger partial charge in [-0.15, -0.1) is 0 Å². The van der Waals surface area contributed by atoms with Crippen LogP contribution in [-0.2, 0) is 0 Å². The molecule has 1 heterocycles. The number of rotatable bonds is 2. The Morgan fingerprint density at radius 3 is 2.82 bits per heavy atom. The maximum Gasteiger partial charge on any atom is 0.278 e. The molecule has 0 radical (unpaired) electrons. The Morgan fingerprint density at radius 1 is 1.41 bits per heavy atom. The van der Waals surface area contributed by atoms with Gasteiger partial charge in [0.15, 0.2) is 5.69 Å². The minimum atomic E-state index is -0.304. The van der Waals surface area contributed by atoms with E-state index in [1.807, 2.05) is 6.92 Å². The van der Waals surface area contributed by atoms with Crippen molar-refractivity contribution in [3.63, 3.8) is 0 Å². The fourth-order valence-electron chi connectivity index (χ4n) is 1.43. The van der Waals surface area contributed by atoms with E-state index >= 15 is 0 Å². The van der Waals surface area contributed by atoms with Crippen LogP contribution in [0.1, 0.15) is 21.6 Å². The SMILES string of the molecule is Cc1conc1C(=O)Nc1cccc(Cl)c1C. The minimum absolute atomic E-state index is 0.282. The number of aryl methyl sites for hydroxylation is 1. The van der Waals surface area contributed by atoms with Gasteiger partial charge in [-0.05, 0) is 31.5 Å². The van der Waals surface area contributed by atoms with E-state index in [1.165, 1.54) is 6.26 Å². The van der Waals surface area contributed by atoms with E-state index in [0.29, 0.717) is 16.3 Å². The molecule has 88 valence electrons. The van der Waals surface area contributed by atoms with Crippen molar-refractivity contribution in [3.8, 4) is 0 Å². The van der Waals surface area contributed by atoms with Gasteiger partial charge in [-0.1, -0.05) is 22.8 Å². The van der Waals surface area contributed by atoms with E-state index < -0.39 is 0 Å². The highest BCUT2D eigenvalue weighted by Gasteiger charge is 2.14. The Labute approximate surface area is 104 Å². The number of hydrogen-bond acceptors (Lipinski definition) is 3. The van der Waals surface area contributed by atoms with Gasteiger partial charge in [0.05, 0.1) is 0 Å². The number of halogens is 1. The lowest BCUT2D eigenvalue weighted by Gasteiger charge is -2.08. The van der Waals surface area contributed by atoms with Crippen LogP contribution >= 0.6 is 11.6 Å². The zero-order valence-corrected chi connectivity index (χ0v) is 10.2. The Kier molecular flexibility index (Phi) is 3.15. The average molecular weight is 251 g/mol. The molecular formula is C12H11ClN2O2. The molecule has 0 aliphatic heterocycles. The quantitative estimate of drug-likeness (QED) is 0.891. The van der Waals surface area contributed by atoms with Gasteiger partial charge in [-0.25, -0.2) is 0 Å².